The number of nitrogens with zero attached hydrogens (tertiary/aromatic N) is 1. The lowest BCUT2D eigenvalue weighted by atomic mass is 10.1. The van der Waals surface area contributed by atoms with E-state index >= 15 is 0 Å². The number of nitrogens with two attached hydrogens (primary N) is 1. The van der Waals surface area contributed by atoms with Gasteiger partial charge in [0.25, 0.3) is 0 Å². The predicted octanol–water partition coefficient (Wildman–Crippen LogP) is 4.23. The van der Waals surface area contributed by atoms with Crippen LogP contribution in [0.1, 0.15) is 11.3 Å². The van der Waals surface area contributed by atoms with Crippen molar-refractivity contribution in [2.24, 2.45) is 0 Å². The number of aromatic nitrogens is 1. The van der Waals surface area contributed by atoms with Crippen molar-refractivity contribution in [1.29, 1.82) is 0 Å². The lowest BCUT2D eigenvalue weighted by molar-refractivity contribution is 0.487. The van der Waals surface area contributed by atoms with Crippen molar-refractivity contribution in [3.8, 4) is 11.5 Å². The molecule has 0 spiro atoms. The maximum absolute atomic E-state index is 6.04. The minimum absolute atomic E-state index is 0.724. The van der Waals surface area contributed by atoms with Crippen LogP contribution in [0.15, 0.2) is 48.5 Å². The molecule has 0 saturated carbocycles. The molecule has 3 nitrogen and oxygen atoms in total. The van der Waals surface area contributed by atoms with Gasteiger partial charge in [-0.05, 0) is 38.1 Å². The first-order valence-corrected chi connectivity index (χ1v) is 6.54. The van der Waals surface area contributed by atoms with E-state index in [9.17, 15) is 0 Å². The maximum atomic E-state index is 6.04. The first-order valence-electron chi connectivity index (χ1n) is 6.54. The van der Waals surface area contributed by atoms with Crippen LogP contribution in [0.4, 0.5) is 5.69 Å². The van der Waals surface area contributed by atoms with Gasteiger partial charge in [0.15, 0.2) is 5.75 Å². The van der Waals surface area contributed by atoms with Gasteiger partial charge >= 0.3 is 0 Å². The van der Waals surface area contributed by atoms with Crippen molar-refractivity contribution < 1.29 is 4.74 Å². The molecule has 0 unspecified atom stereocenters. The third-order valence-corrected chi connectivity index (χ3v) is 3.21. The molecule has 0 amide bonds. The SMILES string of the molecule is Cc1ccc(Oc2cccc3c(N)cc(C)nc23)cc1. The fourth-order valence-electron chi connectivity index (χ4n) is 2.20. The average molecular weight is 264 g/mol. The summed E-state index contributed by atoms with van der Waals surface area (Å²) in [5.74, 6) is 1.52. The molecule has 0 radical (unpaired) electrons. The van der Waals surface area contributed by atoms with Crippen LogP contribution in [0.3, 0.4) is 0 Å². The van der Waals surface area contributed by atoms with E-state index in [2.05, 4.69) is 4.98 Å². The fourth-order valence-corrected chi connectivity index (χ4v) is 2.20. The van der Waals surface area contributed by atoms with Crippen LogP contribution < -0.4 is 10.5 Å². The number of para-hydroxylation sites is 1. The van der Waals surface area contributed by atoms with Gasteiger partial charge in [-0.1, -0.05) is 29.8 Å². The van der Waals surface area contributed by atoms with E-state index in [-0.39, 0.29) is 0 Å². The Morgan fingerprint density at radius 2 is 1.75 bits per heavy atom. The number of anilines is 1. The Labute approximate surface area is 118 Å². The molecule has 2 aromatic carbocycles. The minimum atomic E-state index is 0.724. The second-order valence-electron chi connectivity index (χ2n) is 4.92. The Hall–Kier alpha value is -2.55. The van der Waals surface area contributed by atoms with Crippen LogP contribution in [-0.2, 0) is 0 Å². The predicted molar refractivity (Wildman–Crippen MR) is 82.1 cm³/mol. The Morgan fingerprint density at radius 1 is 1.00 bits per heavy atom. The standard InChI is InChI=1S/C17H16N2O/c1-11-6-8-13(9-7-11)20-16-5-3-4-14-15(18)10-12(2)19-17(14)16/h3-10H,1-2H3,(H2,18,19). The van der Waals surface area contributed by atoms with Gasteiger partial charge in [0.05, 0.1) is 0 Å². The number of pyridine rings is 1. The van der Waals surface area contributed by atoms with E-state index < -0.39 is 0 Å². The second-order valence-corrected chi connectivity index (χ2v) is 4.92. The lowest BCUT2D eigenvalue weighted by Gasteiger charge is -2.10. The number of ether oxygens (including phenoxy) is 1. The van der Waals surface area contributed by atoms with Gasteiger partial charge in [0.1, 0.15) is 11.3 Å². The normalized spacial score (nSPS) is 10.7. The zero-order chi connectivity index (χ0) is 14.1. The highest BCUT2D eigenvalue weighted by Gasteiger charge is 2.08. The van der Waals surface area contributed by atoms with Crippen molar-refractivity contribution in [2.45, 2.75) is 13.8 Å². The van der Waals surface area contributed by atoms with E-state index in [0.29, 0.717) is 0 Å². The summed E-state index contributed by atoms with van der Waals surface area (Å²) in [5.41, 5.74) is 9.65. The number of hydrogen-bond acceptors (Lipinski definition) is 3. The van der Waals surface area contributed by atoms with Crippen LogP contribution in [0.25, 0.3) is 10.9 Å². The molecule has 2 N–H and O–H groups in total. The Morgan fingerprint density at radius 3 is 2.50 bits per heavy atom. The topological polar surface area (TPSA) is 48.1 Å². The molecule has 100 valence electrons. The van der Waals surface area contributed by atoms with Gasteiger partial charge in [-0.15, -0.1) is 0 Å². The third kappa shape index (κ3) is 2.30. The van der Waals surface area contributed by atoms with Crippen LogP contribution in [0.5, 0.6) is 11.5 Å². The molecule has 20 heavy (non-hydrogen) atoms. The van der Waals surface area contributed by atoms with Crippen LogP contribution in [0, 0.1) is 13.8 Å². The number of rotatable bonds is 2. The molecule has 0 aliphatic heterocycles. The summed E-state index contributed by atoms with van der Waals surface area (Å²) in [5, 5.41) is 0.917. The molecule has 3 heteroatoms. The summed E-state index contributed by atoms with van der Waals surface area (Å²) in [6.45, 7) is 3.98. The summed E-state index contributed by atoms with van der Waals surface area (Å²) < 4.78 is 5.94. The molecule has 1 heterocycles. The monoisotopic (exact) mass is 264 g/mol. The molecule has 0 aliphatic carbocycles. The molecule has 0 atom stereocenters. The van der Waals surface area contributed by atoms with Crippen molar-refractivity contribution >= 4 is 16.6 Å². The van der Waals surface area contributed by atoms with Crippen molar-refractivity contribution in [3.63, 3.8) is 0 Å². The molecule has 0 aliphatic rings. The van der Waals surface area contributed by atoms with Gasteiger partial charge in [-0.25, -0.2) is 4.98 Å². The maximum Gasteiger partial charge on any atom is 0.153 e. The molecule has 1 aromatic heterocycles. The quantitative estimate of drug-likeness (QED) is 0.753. The van der Waals surface area contributed by atoms with Gasteiger partial charge < -0.3 is 10.5 Å². The molecular formula is C17H16N2O. The zero-order valence-corrected chi connectivity index (χ0v) is 11.6. The largest absolute Gasteiger partial charge is 0.455 e. The fraction of sp³-hybridized carbons (Fsp3) is 0.118. The first-order chi connectivity index (χ1) is 9.63. The van der Waals surface area contributed by atoms with Crippen molar-refractivity contribution in [2.75, 3.05) is 5.73 Å². The van der Waals surface area contributed by atoms with Gasteiger partial charge in [-0.2, -0.15) is 0 Å². The van der Waals surface area contributed by atoms with E-state index in [1.165, 1.54) is 5.56 Å². The number of benzene rings is 2. The Kier molecular flexibility index (Phi) is 3.03. The highest BCUT2D eigenvalue weighted by molar-refractivity contribution is 5.94. The second kappa shape index (κ2) is 4.85. The molecule has 0 bridgehead atoms. The number of nitrogen functional groups attached to an aromatic ring is 1. The van der Waals surface area contributed by atoms with Crippen molar-refractivity contribution in [1.82, 2.24) is 4.98 Å². The molecule has 0 saturated heterocycles. The van der Waals surface area contributed by atoms with E-state index in [0.717, 1.165) is 33.8 Å². The first kappa shape index (κ1) is 12.5. The van der Waals surface area contributed by atoms with Gasteiger partial charge in [0.2, 0.25) is 0 Å². The van der Waals surface area contributed by atoms with E-state index in [4.69, 9.17) is 10.5 Å². The third-order valence-electron chi connectivity index (χ3n) is 3.21. The zero-order valence-electron chi connectivity index (χ0n) is 11.6. The number of aryl methyl sites for hydroxylation is 2. The average Bonchev–Trinajstić information content (AvgIpc) is 2.42. The highest BCUT2D eigenvalue weighted by atomic mass is 16.5. The lowest BCUT2D eigenvalue weighted by Crippen LogP contribution is -1.94. The molecular weight excluding hydrogens is 248 g/mol. The van der Waals surface area contributed by atoms with E-state index in [1.807, 2.05) is 62.4 Å². The van der Waals surface area contributed by atoms with Crippen molar-refractivity contribution in [3.05, 3.63) is 59.8 Å². The summed E-state index contributed by atoms with van der Waals surface area (Å²) >= 11 is 0. The Bertz CT molecular complexity index is 764. The number of fused-ring (bicyclic) bond motifs is 1. The summed E-state index contributed by atoms with van der Waals surface area (Å²) in [6, 6.07) is 15.6. The van der Waals surface area contributed by atoms with E-state index in [1.54, 1.807) is 0 Å². The summed E-state index contributed by atoms with van der Waals surface area (Å²) in [4.78, 5) is 4.55. The van der Waals surface area contributed by atoms with Gasteiger partial charge in [-0.3, -0.25) is 0 Å². The highest BCUT2D eigenvalue weighted by Crippen LogP contribution is 2.31. The van der Waals surface area contributed by atoms with Gasteiger partial charge in [0, 0.05) is 16.8 Å². The van der Waals surface area contributed by atoms with Crippen LogP contribution >= 0.6 is 0 Å². The molecule has 3 rings (SSSR count). The smallest absolute Gasteiger partial charge is 0.153 e. The summed E-state index contributed by atoms with van der Waals surface area (Å²) in [7, 11) is 0. The summed E-state index contributed by atoms with van der Waals surface area (Å²) in [6.07, 6.45) is 0. The Balaban J connectivity index is 2.09. The molecule has 0 fully saturated rings. The number of hydrogen-bond donors (Lipinski definition) is 1. The minimum Gasteiger partial charge on any atom is -0.455 e. The van der Waals surface area contributed by atoms with Crippen LogP contribution in [-0.4, -0.2) is 4.98 Å². The molecule has 3 aromatic rings. The van der Waals surface area contributed by atoms with Crippen LogP contribution in [0.2, 0.25) is 0 Å².